The van der Waals surface area contributed by atoms with E-state index in [0.717, 1.165) is 12.1 Å². The van der Waals surface area contributed by atoms with E-state index in [0.29, 0.717) is 31.6 Å². The zero-order valence-electron chi connectivity index (χ0n) is 16.7. The maximum atomic E-state index is 12.7. The van der Waals surface area contributed by atoms with Crippen molar-refractivity contribution in [3.63, 3.8) is 0 Å². The largest absolute Gasteiger partial charge is 0.416 e. The highest BCUT2D eigenvalue weighted by atomic mass is 19.4. The van der Waals surface area contributed by atoms with Crippen LogP contribution in [-0.2, 0) is 11.0 Å². The first-order valence-electron chi connectivity index (χ1n) is 9.88. The van der Waals surface area contributed by atoms with Crippen molar-refractivity contribution in [1.82, 2.24) is 10.2 Å². The summed E-state index contributed by atoms with van der Waals surface area (Å²) in [5, 5.41) is 5.49. The van der Waals surface area contributed by atoms with Crippen LogP contribution in [0, 0.1) is 17.8 Å². The van der Waals surface area contributed by atoms with Crippen LogP contribution in [0.25, 0.3) is 0 Å². The molecule has 1 atom stereocenters. The molecule has 3 rings (SSSR count). The number of nitrogens with zero attached hydrogens (tertiary/aromatic N) is 1. The lowest BCUT2D eigenvalue weighted by molar-refractivity contribution is -0.137. The van der Waals surface area contributed by atoms with Gasteiger partial charge >= 0.3 is 12.2 Å². The highest BCUT2D eigenvalue weighted by Gasteiger charge is 2.30. The van der Waals surface area contributed by atoms with E-state index in [9.17, 15) is 22.8 Å². The molecule has 0 aliphatic carbocycles. The molecule has 1 fully saturated rings. The van der Waals surface area contributed by atoms with Gasteiger partial charge in [-0.1, -0.05) is 36.1 Å². The molecule has 2 aromatic carbocycles. The van der Waals surface area contributed by atoms with Gasteiger partial charge in [0, 0.05) is 24.3 Å². The Labute approximate surface area is 178 Å². The summed E-state index contributed by atoms with van der Waals surface area (Å²) in [7, 11) is 0. The molecule has 1 unspecified atom stereocenters. The van der Waals surface area contributed by atoms with Crippen LogP contribution in [0.4, 0.5) is 23.7 Å². The lowest BCUT2D eigenvalue weighted by atomic mass is 9.97. The lowest BCUT2D eigenvalue weighted by Crippen LogP contribution is -2.47. The third kappa shape index (κ3) is 6.51. The summed E-state index contributed by atoms with van der Waals surface area (Å²) in [6.07, 6.45) is -3.07. The topological polar surface area (TPSA) is 61.4 Å². The Kier molecular flexibility index (Phi) is 7.19. The Morgan fingerprint density at radius 2 is 1.87 bits per heavy atom. The Bertz CT molecular complexity index is 981. The standard InChI is InChI=1S/C23H22F3N3O2/c24-23(25,26)19-10-4-7-17(15-19)8-5-13-27-21(30)18-9-6-14-29(16-18)22(31)28-20-11-2-1-3-12-20/h1-4,7,10-12,15,18H,6,9,13-14,16H2,(H,27,30)(H,28,31). The van der Waals surface area contributed by atoms with Gasteiger partial charge in [-0.05, 0) is 43.2 Å². The molecule has 162 valence electrons. The van der Waals surface area contributed by atoms with Crippen LogP contribution in [0.3, 0.4) is 0 Å². The van der Waals surface area contributed by atoms with Crippen LogP contribution in [0.2, 0.25) is 0 Å². The maximum absolute atomic E-state index is 12.7. The molecule has 1 aliphatic heterocycles. The predicted molar refractivity (Wildman–Crippen MR) is 111 cm³/mol. The Morgan fingerprint density at radius 3 is 2.61 bits per heavy atom. The molecule has 0 saturated carbocycles. The lowest BCUT2D eigenvalue weighted by Gasteiger charge is -2.32. The van der Waals surface area contributed by atoms with Crippen molar-refractivity contribution < 1.29 is 22.8 Å². The molecule has 1 aliphatic rings. The fourth-order valence-electron chi connectivity index (χ4n) is 3.29. The number of carbonyl (C=O) groups excluding carboxylic acids is 2. The van der Waals surface area contributed by atoms with Gasteiger partial charge in [-0.3, -0.25) is 4.79 Å². The van der Waals surface area contributed by atoms with E-state index in [2.05, 4.69) is 22.5 Å². The van der Waals surface area contributed by atoms with Crippen LogP contribution in [0.5, 0.6) is 0 Å². The SMILES string of the molecule is O=C(NCC#Cc1cccc(C(F)(F)F)c1)C1CCCN(C(=O)Nc2ccccc2)C1. The molecule has 5 nitrogen and oxygen atoms in total. The number of anilines is 1. The average molecular weight is 429 g/mol. The number of benzene rings is 2. The number of alkyl halides is 3. The molecule has 0 spiro atoms. The van der Waals surface area contributed by atoms with Crippen molar-refractivity contribution in [1.29, 1.82) is 0 Å². The van der Waals surface area contributed by atoms with E-state index in [-0.39, 0.29) is 30.0 Å². The third-order valence-electron chi connectivity index (χ3n) is 4.88. The van der Waals surface area contributed by atoms with Crippen LogP contribution < -0.4 is 10.6 Å². The second kappa shape index (κ2) is 10.0. The Hall–Kier alpha value is -3.47. The summed E-state index contributed by atoms with van der Waals surface area (Å²) in [4.78, 5) is 26.5. The van der Waals surface area contributed by atoms with Crippen molar-refractivity contribution in [2.45, 2.75) is 19.0 Å². The van der Waals surface area contributed by atoms with E-state index >= 15 is 0 Å². The second-order valence-corrected chi connectivity index (χ2v) is 7.18. The fourth-order valence-corrected chi connectivity index (χ4v) is 3.29. The van der Waals surface area contributed by atoms with Crippen molar-refractivity contribution in [2.75, 3.05) is 25.0 Å². The first kappa shape index (κ1) is 22.2. The van der Waals surface area contributed by atoms with Gasteiger partial charge < -0.3 is 15.5 Å². The molecule has 31 heavy (non-hydrogen) atoms. The quantitative estimate of drug-likeness (QED) is 0.722. The van der Waals surface area contributed by atoms with E-state index < -0.39 is 11.7 Å². The summed E-state index contributed by atoms with van der Waals surface area (Å²) < 4.78 is 38.2. The number of rotatable bonds is 3. The van der Waals surface area contributed by atoms with Gasteiger partial charge in [0.25, 0.3) is 0 Å². The minimum absolute atomic E-state index is 0.0157. The average Bonchev–Trinajstić information content (AvgIpc) is 2.77. The first-order valence-corrected chi connectivity index (χ1v) is 9.88. The summed E-state index contributed by atoms with van der Waals surface area (Å²) in [6.45, 7) is 0.880. The number of piperidine rings is 1. The van der Waals surface area contributed by atoms with E-state index in [1.165, 1.54) is 12.1 Å². The zero-order valence-corrected chi connectivity index (χ0v) is 16.7. The number of urea groups is 1. The highest BCUT2D eigenvalue weighted by molar-refractivity contribution is 5.90. The van der Waals surface area contributed by atoms with Crippen LogP contribution in [0.15, 0.2) is 54.6 Å². The van der Waals surface area contributed by atoms with Gasteiger partial charge in [-0.25, -0.2) is 4.79 Å². The number of amides is 3. The number of hydrogen-bond donors (Lipinski definition) is 2. The number of nitrogens with one attached hydrogen (secondary N) is 2. The molecule has 3 amide bonds. The number of para-hydroxylation sites is 1. The van der Waals surface area contributed by atoms with Crippen molar-refractivity contribution in [3.8, 4) is 11.8 Å². The summed E-state index contributed by atoms with van der Waals surface area (Å²) in [5.41, 5.74) is 0.147. The van der Waals surface area contributed by atoms with Gasteiger partial charge in [0.15, 0.2) is 0 Å². The molecule has 0 radical (unpaired) electrons. The predicted octanol–water partition coefficient (Wildman–Crippen LogP) is 4.12. The minimum Gasteiger partial charge on any atom is -0.345 e. The monoisotopic (exact) mass is 429 g/mol. The molecule has 2 N–H and O–H groups in total. The molecular weight excluding hydrogens is 407 g/mol. The van der Waals surface area contributed by atoms with Crippen molar-refractivity contribution in [3.05, 3.63) is 65.7 Å². The van der Waals surface area contributed by atoms with E-state index in [1.54, 1.807) is 17.0 Å². The first-order chi connectivity index (χ1) is 14.8. The molecule has 0 bridgehead atoms. The van der Waals surface area contributed by atoms with Crippen molar-refractivity contribution >= 4 is 17.6 Å². The molecular formula is C23H22F3N3O2. The zero-order chi connectivity index (χ0) is 22.3. The number of likely N-dealkylation sites (tertiary alicyclic amines) is 1. The molecule has 0 aromatic heterocycles. The van der Waals surface area contributed by atoms with Gasteiger partial charge in [0.1, 0.15) is 0 Å². The van der Waals surface area contributed by atoms with Gasteiger partial charge in [0.05, 0.1) is 18.0 Å². The molecule has 8 heteroatoms. The van der Waals surface area contributed by atoms with E-state index in [4.69, 9.17) is 0 Å². The van der Waals surface area contributed by atoms with Gasteiger partial charge in [0.2, 0.25) is 5.91 Å². The van der Waals surface area contributed by atoms with E-state index in [1.807, 2.05) is 18.2 Å². The third-order valence-corrected chi connectivity index (χ3v) is 4.88. The normalized spacial score (nSPS) is 16.1. The van der Waals surface area contributed by atoms with Crippen LogP contribution in [-0.4, -0.2) is 36.5 Å². The summed E-state index contributed by atoms with van der Waals surface area (Å²) in [5.74, 6) is 4.72. The second-order valence-electron chi connectivity index (χ2n) is 7.18. The molecule has 2 aromatic rings. The number of hydrogen-bond acceptors (Lipinski definition) is 2. The van der Waals surface area contributed by atoms with Crippen molar-refractivity contribution in [2.24, 2.45) is 5.92 Å². The van der Waals surface area contributed by atoms with Gasteiger partial charge in [-0.15, -0.1) is 0 Å². The minimum atomic E-state index is -4.43. The fraction of sp³-hybridized carbons (Fsp3) is 0.304. The Balaban J connectivity index is 1.50. The van der Waals surface area contributed by atoms with Gasteiger partial charge in [-0.2, -0.15) is 13.2 Å². The number of carbonyl (C=O) groups is 2. The summed E-state index contributed by atoms with van der Waals surface area (Å²) >= 11 is 0. The van der Waals surface area contributed by atoms with Crippen LogP contribution >= 0.6 is 0 Å². The Morgan fingerprint density at radius 1 is 1.10 bits per heavy atom. The van der Waals surface area contributed by atoms with Crippen LogP contribution in [0.1, 0.15) is 24.0 Å². The maximum Gasteiger partial charge on any atom is 0.416 e. The summed E-state index contributed by atoms with van der Waals surface area (Å²) in [6, 6.07) is 13.5. The highest BCUT2D eigenvalue weighted by Crippen LogP contribution is 2.29. The molecule has 1 heterocycles. The molecule has 1 saturated heterocycles. The smallest absolute Gasteiger partial charge is 0.345 e. The number of halogens is 3.